The predicted molar refractivity (Wildman–Crippen MR) is 62.6 cm³/mol. The normalized spacial score (nSPS) is 23.7. The van der Waals surface area contributed by atoms with E-state index in [0.29, 0.717) is 5.69 Å². The highest BCUT2D eigenvalue weighted by molar-refractivity contribution is 5.48. The summed E-state index contributed by atoms with van der Waals surface area (Å²) < 4.78 is 5.31. The van der Waals surface area contributed by atoms with Crippen LogP contribution in [0.3, 0.4) is 0 Å². The molecule has 2 rings (SSSR count). The average molecular weight is 233 g/mol. The number of ether oxygens (including phenoxy) is 1. The molecule has 1 aromatic heterocycles. The van der Waals surface area contributed by atoms with Crippen molar-refractivity contribution in [2.45, 2.75) is 18.6 Å². The Kier molecular flexibility index (Phi) is 3.57. The Morgan fingerprint density at radius 2 is 2.47 bits per heavy atom. The zero-order valence-corrected chi connectivity index (χ0v) is 9.71. The second-order valence-corrected chi connectivity index (χ2v) is 4.10. The molecule has 0 bridgehead atoms. The Labute approximate surface area is 100 Å². The van der Waals surface area contributed by atoms with Gasteiger partial charge in [0.25, 0.3) is 0 Å². The standard InChI is InChI=1S/C12H15N3O2/c1-17-12-4-11(8-16)15(7-12)10-3-2-9(5-13)14-6-10/h2-3,6,11-12,16H,4,7-8H2,1H3/t11-,12-/m0/s1. The van der Waals surface area contributed by atoms with Gasteiger partial charge in [0.05, 0.1) is 30.6 Å². The zero-order chi connectivity index (χ0) is 12.3. The van der Waals surface area contributed by atoms with Crippen molar-refractivity contribution in [3.05, 3.63) is 24.0 Å². The molecule has 1 N–H and O–H groups in total. The number of nitrogens with zero attached hydrogens (tertiary/aromatic N) is 3. The molecule has 2 atom stereocenters. The van der Waals surface area contributed by atoms with Crippen LogP contribution < -0.4 is 4.90 Å². The molecule has 5 heteroatoms. The van der Waals surface area contributed by atoms with Crippen molar-refractivity contribution in [3.63, 3.8) is 0 Å². The summed E-state index contributed by atoms with van der Waals surface area (Å²) in [5, 5.41) is 18.0. The maximum absolute atomic E-state index is 9.34. The Morgan fingerprint density at radius 3 is 3.00 bits per heavy atom. The lowest BCUT2D eigenvalue weighted by molar-refractivity contribution is 0.115. The molecule has 1 saturated heterocycles. The molecule has 1 aliphatic rings. The summed E-state index contributed by atoms with van der Waals surface area (Å²) in [5.74, 6) is 0. The highest BCUT2D eigenvalue weighted by Crippen LogP contribution is 2.26. The van der Waals surface area contributed by atoms with Crippen LogP contribution in [-0.4, -0.2) is 42.5 Å². The number of aliphatic hydroxyl groups excluding tert-OH is 1. The van der Waals surface area contributed by atoms with E-state index in [-0.39, 0.29) is 18.8 Å². The summed E-state index contributed by atoms with van der Waals surface area (Å²) in [4.78, 5) is 6.11. The number of pyridine rings is 1. The Bertz CT molecular complexity index is 413. The van der Waals surface area contributed by atoms with Crippen LogP contribution in [0.1, 0.15) is 12.1 Å². The third-order valence-corrected chi connectivity index (χ3v) is 3.11. The van der Waals surface area contributed by atoms with Crippen LogP contribution in [0.4, 0.5) is 5.69 Å². The number of aliphatic hydroxyl groups is 1. The number of anilines is 1. The Balaban J connectivity index is 2.17. The van der Waals surface area contributed by atoms with Crippen LogP contribution in [0.15, 0.2) is 18.3 Å². The van der Waals surface area contributed by atoms with E-state index in [1.165, 1.54) is 0 Å². The highest BCUT2D eigenvalue weighted by Gasteiger charge is 2.31. The molecular weight excluding hydrogens is 218 g/mol. The van der Waals surface area contributed by atoms with E-state index >= 15 is 0 Å². The molecule has 1 fully saturated rings. The van der Waals surface area contributed by atoms with Gasteiger partial charge in [-0.15, -0.1) is 0 Å². The minimum absolute atomic E-state index is 0.0645. The van der Waals surface area contributed by atoms with E-state index in [9.17, 15) is 5.11 Å². The molecule has 1 aliphatic heterocycles. The van der Waals surface area contributed by atoms with E-state index in [1.54, 1.807) is 19.4 Å². The molecule has 17 heavy (non-hydrogen) atoms. The third kappa shape index (κ3) is 2.38. The SMILES string of the molecule is CO[C@H]1C[C@@H](CO)N(c2ccc(C#N)nc2)C1. The Hall–Kier alpha value is -1.64. The van der Waals surface area contributed by atoms with Crippen molar-refractivity contribution in [1.29, 1.82) is 5.26 Å². The van der Waals surface area contributed by atoms with Gasteiger partial charge in [-0.05, 0) is 18.6 Å². The predicted octanol–water partition coefficient (Wildman–Crippen LogP) is 0.539. The first-order chi connectivity index (χ1) is 8.28. The first-order valence-corrected chi connectivity index (χ1v) is 5.55. The number of hydrogen-bond donors (Lipinski definition) is 1. The molecule has 5 nitrogen and oxygen atoms in total. The maximum atomic E-state index is 9.34. The lowest BCUT2D eigenvalue weighted by Gasteiger charge is -2.24. The number of hydrogen-bond acceptors (Lipinski definition) is 5. The minimum atomic E-state index is 0.0645. The van der Waals surface area contributed by atoms with E-state index < -0.39 is 0 Å². The first kappa shape index (κ1) is 11.8. The molecule has 0 amide bonds. The fraction of sp³-hybridized carbons (Fsp3) is 0.500. The van der Waals surface area contributed by atoms with Gasteiger partial charge < -0.3 is 14.7 Å². The van der Waals surface area contributed by atoms with E-state index in [1.807, 2.05) is 12.1 Å². The second-order valence-electron chi connectivity index (χ2n) is 4.10. The van der Waals surface area contributed by atoms with Gasteiger partial charge in [0.15, 0.2) is 0 Å². The van der Waals surface area contributed by atoms with Crippen molar-refractivity contribution in [3.8, 4) is 6.07 Å². The largest absolute Gasteiger partial charge is 0.394 e. The average Bonchev–Trinajstić information content (AvgIpc) is 2.82. The van der Waals surface area contributed by atoms with Crippen molar-refractivity contribution >= 4 is 5.69 Å². The Morgan fingerprint density at radius 1 is 1.65 bits per heavy atom. The third-order valence-electron chi connectivity index (χ3n) is 3.11. The van der Waals surface area contributed by atoms with Crippen molar-refractivity contribution in [2.75, 3.05) is 25.2 Å². The molecule has 0 unspecified atom stereocenters. The van der Waals surface area contributed by atoms with E-state index in [0.717, 1.165) is 18.7 Å². The smallest absolute Gasteiger partial charge is 0.140 e. The van der Waals surface area contributed by atoms with Gasteiger partial charge in [0.2, 0.25) is 0 Å². The van der Waals surface area contributed by atoms with Gasteiger partial charge in [-0.2, -0.15) is 5.26 Å². The fourth-order valence-corrected chi connectivity index (χ4v) is 2.16. The second kappa shape index (κ2) is 5.13. The zero-order valence-electron chi connectivity index (χ0n) is 9.71. The van der Waals surface area contributed by atoms with Gasteiger partial charge in [0, 0.05) is 13.7 Å². The summed E-state index contributed by atoms with van der Waals surface area (Å²) >= 11 is 0. The summed E-state index contributed by atoms with van der Waals surface area (Å²) in [6.45, 7) is 0.842. The van der Waals surface area contributed by atoms with Crippen molar-refractivity contribution in [2.24, 2.45) is 0 Å². The number of nitriles is 1. The van der Waals surface area contributed by atoms with Crippen molar-refractivity contribution < 1.29 is 9.84 Å². The lowest BCUT2D eigenvalue weighted by atomic mass is 10.2. The van der Waals surface area contributed by atoms with Gasteiger partial charge in [0.1, 0.15) is 11.8 Å². The minimum Gasteiger partial charge on any atom is -0.394 e. The molecule has 0 aromatic carbocycles. The molecule has 1 aromatic rings. The van der Waals surface area contributed by atoms with E-state index in [4.69, 9.17) is 10.00 Å². The summed E-state index contributed by atoms with van der Waals surface area (Å²) in [7, 11) is 1.68. The maximum Gasteiger partial charge on any atom is 0.140 e. The van der Waals surface area contributed by atoms with E-state index in [2.05, 4.69) is 9.88 Å². The monoisotopic (exact) mass is 233 g/mol. The molecule has 0 aliphatic carbocycles. The number of aromatic nitrogens is 1. The van der Waals surface area contributed by atoms with Gasteiger partial charge in [-0.3, -0.25) is 0 Å². The molecular formula is C12H15N3O2. The van der Waals surface area contributed by atoms with Gasteiger partial charge in [-0.25, -0.2) is 4.98 Å². The van der Waals surface area contributed by atoms with Crippen LogP contribution in [0.2, 0.25) is 0 Å². The van der Waals surface area contributed by atoms with Crippen LogP contribution in [0.5, 0.6) is 0 Å². The summed E-state index contributed by atoms with van der Waals surface area (Å²) in [6.07, 6.45) is 2.62. The molecule has 0 saturated carbocycles. The molecule has 0 spiro atoms. The van der Waals surface area contributed by atoms with Crippen LogP contribution in [-0.2, 0) is 4.74 Å². The van der Waals surface area contributed by atoms with Crippen LogP contribution in [0, 0.1) is 11.3 Å². The fourth-order valence-electron chi connectivity index (χ4n) is 2.16. The van der Waals surface area contributed by atoms with Crippen LogP contribution >= 0.6 is 0 Å². The van der Waals surface area contributed by atoms with Gasteiger partial charge >= 0.3 is 0 Å². The van der Waals surface area contributed by atoms with Gasteiger partial charge in [-0.1, -0.05) is 0 Å². The van der Waals surface area contributed by atoms with Crippen LogP contribution in [0.25, 0.3) is 0 Å². The molecule has 2 heterocycles. The quantitative estimate of drug-likeness (QED) is 0.825. The molecule has 90 valence electrons. The number of methoxy groups -OCH3 is 1. The summed E-state index contributed by atoms with van der Waals surface area (Å²) in [5.41, 5.74) is 1.32. The first-order valence-electron chi connectivity index (χ1n) is 5.55. The molecule has 0 radical (unpaired) electrons. The number of rotatable bonds is 3. The highest BCUT2D eigenvalue weighted by atomic mass is 16.5. The lowest BCUT2D eigenvalue weighted by Crippen LogP contribution is -2.32. The summed E-state index contributed by atoms with van der Waals surface area (Å²) in [6, 6.07) is 5.59. The topological polar surface area (TPSA) is 69.4 Å². The van der Waals surface area contributed by atoms with Crippen molar-refractivity contribution in [1.82, 2.24) is 4.98 Å².